The van der Waals surface area contributed by atoms with Gasteiger partial charge in [0.05, 0.1) is 5.69 Å². The Hall–Kier alpha value is -3.83. The Morgan fingerprint density at radius 3 is 2.10 bits per heavy atom. The minimum Gasteiger partial charge on any atom is -0.521 e. The molecule has 1 aromatic heterocycles. The van der Waals surface area contributed by atoms with Gasteiger partial charge in [-0.15, -0.1) is 35.9 Å². The number of nitrogens with zero attached hydrogens (tertiary/aromatic N) is 3. The van der Waals surface area contributed by atoms with E-state index < -0.39 is 7.12 Å². The number of para-hydroxylation sites is 2. The van der Waals surface area contributed by atoms with E-state index in [-0.39, 0.29) is 26.5 Å². The van der Waals surface area contributed by atoms with Crippen LogP contribution < -0.4 is 19.5 Å². The van der Waals surface area contributed by atoms with Crippen LogP contribution >= 0.6 is 0 Å². The Labute approximate surface area is 243 Å². The predicted octanol–water partition coefficient (Wildman–Crippen LogP) is 6.00. The average molecular weight is 694 g/mol. The van der Waals surface area contributed by atoms with Gasteiger partial charge in [0.2, 0.25) is 0 Å². The second kappa shape index (κ2) is 10.7. The zero-order valence-corrected chi connectivity index (χ0v) is 24.3. The first-order valence-electron chi connectivity index (χ1n) is 12.5. The third kappa shape index (κ3) is 5.50. The van der Waals surface area contributed by atoms with Crippen LogP contribution in [0.5, 0.6) is 23.0 Å². The number of benzene rings is 4. The third-order valence-corrected chi connectivity index (χ3v) is 6.46. The van der Waals surface area contributed by atoms with E-state index in [2.05, 4.69) is 67.5 Å². The molecule has 6 rings (SSSR count). The van der Waals surface area contributed by atoms with Gasteiger partial charge in [-0.25, -0.2) is 0 Å². The molecule has 0 spiro atoms. The minimum absolute atomic E-state index is 0. The second-order valence-electron chi connectivity index (χ2n) is 10.3. The van der Waals surface area contributed by atoms with E-state index in [1.807, 2.05) is 67.7 Å². The van der Waals surface area contributed by atoms with Crippen molar-refractivity contribution >= 4 is 12.6 Å². The molecule has 0 aliphatic carbocycles. The second-order valence-corrected chi connectivity index (χ2v) is 10.3. The molecule has 39 heavy (non-hydrogen) atoms. The Morgan fingerprint density at radius 2 is 1.44 bits per heavy atom. The number of fused-ring (bicyclic) bond motifs is 1. The maximum absolute atomic E-state index is 6.15. The third-order valence-electron chi connectivity index (χ3n) is 6.46. The molecule has 0 unspecified atom stereocenters. The van der Waals surface area contributed by atoms with Crippen LogP contribution in [-0.4, -0.2) is 22.1 Å². The van der Waals surface area contributed by atoms with Gasteiger partial charge >= 0.3 is 28.2 Å². The van der Waals surface area contributed by atoms with Crippen LogP contribution in [0.3, 0.4) is 0 Å². The van der Waals surface area contributed by atoms with Crippen LogP contribution in [0.4, 0.5) is 0 Å². The zero-order valence-electron chi connectivity index (χ0n) is 22.0. The molecule has 0 amide bonds. The zero-order chi connectivity index (χ0) is 26.3. The molecule has 0 bridgehead atoms. The van der Waals surface area contributed by atoms with Crippen molar-refractivity contribution < 1.29 is 35.1 Å². The fourth-order valence-electron chi connectivity index (χ4n) is 4.44. The van der Waals surface area contributed by atoms with Crippen molar-refractivity contribution in [3.05, 3.63) is 103 Å². The molecular formula is C31H26BN3O3Pt. The van der Waals surface area contributed by atoms with Crippen LogP contribution in [0.25, 0.3) is 22.5 Å². The number of hydrogen-bond donors (Lipinski definition) is 0. The number of hydrogen-bond acceptors (Lipinski definition) is 5. The molecule has 0 atom stereocenters. The molecular weight excluding hydrogens is 668 g/mol. The summed E-state index contributed by atoms with van der Waals surface area (Å²) in [5.41, 5.74) is 5.59. The van der Waals surface area contributed by atoms with E-state index in [0.717, 1.165) is 28.0 Å². The minimum atomic E-state index is -0.571. The van der Waals surface area contributed by atoms with Crippen molar-refractivity contribution in [1.82, 2.24) is 15.0 Å². The van der Waals surface area contributed by atoms with Crippen molar-refractivity contribution in [3.63, 3.8) is 0 Å². The van der Waals surface area contributed by atoms with Crippen molar-refractivity contribution in [2.24, 2.45) is 7.05 Å². The van der Waals surface area contributed by atoms with Crippen LogP contribution in [-0.2, 0) is 33.5 Å². The standard InChI is InChI=1S/C31H26BN3O3.Pt/c1-31(2,3)23-17-15-21(16-18-23)30-29(33-34-35(30)4)22-9-7-11-25(19-22)36-26-12-8-10-24(20-26)32-37-27-13-5-6-14-28(27)38-32;/h5-18H,1-4H3;/q-2;+2. The molecule has 4 aromatic carbocycles. The molecule has 8 heteroatoms. The number of ether oxygens (including phenoxy) is 1. The van der Waals surface area contributed by atoms with E-state index in [9.17, 15) is 0 Å². The van der Waals surface area contributed by atoms with Gasteiger partial charge in [-0.1, -0.05) is 73.9 Å². The molecule has 0 saturated heterocycles. The quantitative estimate of drug-likeness (QED) is 0.167. The maximum atomic E-state index is 6.15. The maximum Gasteiger partial charge on any atom is 2.00 e. The fourth-order valence-corrected chi connectivity index (χ4v) is 4.44. The van der Waals surface area contributed by atoms with Gasteiger partial charge in [0, 0.05) is 24.2 Å². The van der Waals surface area contributed by atoms with E-state index in [1.54, 1.807) is 4.68 Å². The monoisotopic (exact) mass is 694 g/mol. The molecule has 5 aromatic rings. The van der Waals surface area contributed by atoms with Crippen molar-refractivity contribution in [2.45, 2.75) is 26.2 Å². The molecule has 0 fully saturated rings. The Kier molecular flexibility index (Phi) is 7.37. The summed E-state index contributed by atoms with van der Waals surface area (Å²) in [6.45, 7) is 6.62. The fraction of sp³-hybridized carbons (Fsp3) is 0.161. The molecule has 2 heterocycles. The SMILES string of the molecule is Cn1nnc(-c2[c-]c(Oc3[c-]c(B4Oc5ccccc5O4)ccc3)ccc2)c1-c1ccc(C(C)(C)C)cc1.[Pt+2]. The summed E-state index contributed by atoms with van der Waals surface area (Å²) in [5.74, 6) is 2.51. The van der Waals surface area contributed by atoms with E-state index >= 15 is 0 Å². The summed E-state index contributed by atoms with van der Waals surface area (Å²) >= 11 is 0. The number of aromatic nitrogens is 3. The van der Waals surface area contributed by atoms with Gasteiger partial charge in [-0.05, 0) is 28.7 Å². The molecule has 6 nitrogen and oxygen atoms in total. The van der Waals surface area contributed by atoms with Crippen molar-refractivity contribution in [3.8, 4) is 45.5 Å². The van der Waals surface area contributed by atoms with Crippen LogP contribution in [0.15, 0.2) is 84.9 Å². The van der Waals surface area contributed by atoms with E-state index in [1.165, 1.54) is 5.56 Å². The van der Waals surface area contributed by atoms with Gasteiger partial charge in [0.1, 0.15) is 11.5 Å². The van der Waals surface area contributed by atoms with Crippen LogP contribution in [0.2, 0.25) is 0 Å². The number of rotatable bonds is 5. The topological polar surface area (TPSA) is 58.4 Å². The Balaban J connectivity index is 0.00000308. The largest absolute Gasteiger partial charge is 2.00 e. The van der Waals surface area contributed by atoms with Gasteiger partial charge in [0.15, 0.2) is 0 Å². The van der Waals surface area contributed by atoms with E-state index in [0.29, 0.717) is 23.0 Å². The molecule has 196 valence electrons. The summed E-state index contributed by atoms with van der Waals surface area (Å²) in [6, 6.07) is 34.2. The molecule has 1 aliphatic rings. The van der Waals surface area contributed by atoms with Gasteiger partial charge in [-0.2, -0.15) is 17.2 Å². The summed E-state index contributed by atoms with van der Waals surface area (Å²) in [5, 5.41) is 8.75. The van der Waals surface area contributed by atoms with Gasteiger partial charge < -0.3 is 14.0 Å². The average Bonchev–Trinajstić information content (AvgIpc) is 3.52. The first-order valence-corrected chi connectivity index (χ1v) is 12.5. The van der Waals surface area contributed by atoms with Crippen molar-refractivity contribution in [1.29, 1.82) is 0 Å². The normalized spacial score (nSPS) is 12.3. The summed E-state index contributed by atoms with van der Waals surface area (Å²) in [7, 11) is 1.33. The smallest absolute Gasteiger partial charge is 0.521 e. The summed E-state index contributed by atoms with van der Waals surface area (Å²) in [4.78, 5) is 0. The van der Waals surface area contributed by atoms with Gasteiger partial charge in [-0.3, -0.25) is 4.68 Å². The Bertz CT molecular complexity index is 1590. The van der Waals surface area contributed by atoms with Gasteiger partial charge in [0.25, 0.3) is 0 Å². The van der Waals surface area contributed by atoms with E-state index in [4.69, 9.17) is 14.0 Å². The predicted molar refractivity (Wildman–Crippen MR) is 148 cm³/mol. The molecule has 0 saturated carbocycles. The molecule has 0 N–H and O–H groups in total. The molecule has 0 radical (unpaired) electrons. The first kappa shape index (κ1) is 26.8. The van der Waals surface area contributed by atoms with Crippen LogP contribution in [0.1, 0.15) is 26.3 Å². The molecule has 1 aliphatic heterocycles. The number of aryl methyl sites for hydroxylation is 1. The summed E-state index contributed by atoms with van der Waals surface area (Å²) in [6.07, 6.45) is 0. The first-order chi connectivity index (χ1) is 18.3. The summed E-state index contributed by atoms with van der Waals surface area (Å²) < 4.78 is 19.8. The van der Waals surface area contributed by atoms with Crippen LogP contribution in [0, 0.1) is 12.1 Å². The van der Waals surface area contributed by atoms with Crippen molar-refractivity contribution in [2.75, 3.05) is 0 Å². The Morgan fingerprint density at radius 1 is 0.795 bits per heavy atom.